The fourth-order valence-corrected chi connectivity index (χ4v) is 4.12. The first-order valence-corrected chi connectivity index (χ1v) is 12.7. The Kier molecular flexibility index (Phi) is 8.55. The first kappa shape index (κ1) is 28.8. The highest BCUT2D eigenvalue weighted by Gasteiger charge is 2.27. The van der Waals surface area contributed by atoms with Crippen molar-refractivity contribution in [2.75, 3.05) is 43.5 Å². The molecule has 0 bridgehead atoms. The monoisotopic (exact) mass is 559 g/mol. The van der Waals surface area contributed by atoms with Crippen LogP contribution in [0.5, 0.6) is 11.5 Å². The van der Waals surface area contributed by atoms with E-state index < -0.39 is 23.1 Å². The van der Waals surface area contributed by atoms with Crippen LogP contribution >= 0.6 is 0 Å². The molecule has 1 fully saturated rings. The summed E-state index contributed by atoms with van der Waals surface area (Å²) >= 11 is 0. The van der Waals surface area contributed by atoms with Gasteiger partial charge in [-0.15, -0.1) is 0 Å². The number of anilines is 3. The van der Waals surface area contributed by atoms with Gasteiger partial charge in [-0.1, -0.05) is 0 Å². The number of benzene rings is 2. The number of carbonyl (C=O) groups is 1. The van der Waals surface area contributed by atoms with Crippen molar-refractivity contribution in [2.24, 2.45) is 0 Å². The minimum atomic E-state index is -0.833. The van der Waals surface area contributed by atoms with Crippen LogP contribution in [-0.2, 0) is 11.3 Å². The van der Waals surface area contributed by atoms with E-state index in [-0.39, 0.29) is 41.3 Å². The number of piperazine rings is 1. The smallest absolute Gasteiger partial charge is 0.410 e. The molecule has 3 aromatic rings. The average molecular weight is 560 g/mol. The molecule has 2 aromatic carbocycles. The van der Waals surface area contributed by atoms with Crippen LogP contribution < -0.4 is 19.7 Å². The third-order valence-electron chi connectivity index (χ3n) is 6.15. The summed E-state index contributed by atoms with van der Waals surface area (Å²) in [5.41, 5.74) is 0.245. The number of carbonyl (C=O) groups excluding carboxylic acids is 1. The number of ether oxygens (including phenoxy) is 3. The molecule has 214 valence electrons. The molecule has 0 saturated carbocycles. The Morgan fingerprint density at radius 2 is 1.70 bits per heavy atom. The van der Waals surface area contributed by atoms with Gasteiger partial charge in [0.1, 0.15) is 23.8 Å². The van der Waals surface area contributed by atoms with Gasteiger partial charge >= 0.3 is 6.09 Å². The fraction of sp³-hybridized carbons (Fsp3) is 0.393. The average Bonchev–Trinajstić information content (AvgIpc) is 2.91. The van der Waals surface area contributed by atoms with Crippen molar-refractivity contribution >= 4 is 23.4 Å². The van der Waals surface area contributed by atoms with Crippen LogP contribution in [0.1, 0.15) is 31.9 Å². The second-order valence-corrected chi connectivity index (χ2v) is 10.3. The zero-order chi connectivity index (χ0) is 29.0. The largest absolute Gasteiger partial charge is 0.494 e. The molecule has 0 aliphatic carbocycles. The zero-order valence-corrected chi connectivity index (χ0v) is 23.1. The number of nitrogens with one attached hydrogen (secondary N) is 1. The topological polar surface area (TPSA) is 89.1 Å². The third kappa shape index (κ3) is 6.85. The Morgan fingerprint density at radius 3 is 2.30 bits per heavy atom. The van der Waals surface area contributed by atoms with Crippen molar-refractivity contribution in [1.82, 2.24) is 14.9 Å². The molecule has 9 nitrogen and oxygen atoms in total. The molecule has 1 aliphatic heterocycles. The van der Waals surface area contributed by atoms with E-state index >= 15 is 0 Å². The summed E-state index contributed by atoms with van der Waals surface area (Å²) in [7, 11) is 1.30. The molecular formula is C28H32F3N5O4. The van der Waals surface area contributed by atoms with Gasteiger partial charge in [-0.3, -0.25) is 0 Å². The van der Waals surface area contributed by atoms with E-state index in [1.54, 1.807) is 17.0 Å². The number of hydrogen-bond acceptors (Lipinski definition) is 8. The van der Waals surface area contributed by atoms with Crippen LogP contribution in [0.25, 0.3) is 0 Å². The minimum Gasteiger partial charge on any atom is -0.494 e. The standard InChI is InChI=1S/C28H32F3N5O4/c1-17-12-23(38-5)25(31)20(24(17)30)16-39-19-14-32-26(33-15-19)34-18-6-7-22(21(29)13-18)35-8-10-36(11-9-35)27(37)40-28(2,3)4/h6-7,12-15H,8-11,16H2,1-5H3,(H,32,33,34). The fourth-order valence-electron chi connectivity index (χ4n) is 4.12. The van der Waals surface area contributed by atoms with Gasteiger partial charge in [-0.2, -0.15) is 0 Å². The molecule has 40 heavy (non-hydrogen) atoms. The molecule has 0 atom stereocenters. The van der Waals surface area contributed by atoms with E-state index in [1.165, 1.54) is 38.6 Å². The van der Waals surface area contributed by atoms with Crippen LogP contribution in [0.2, 0.25) is 0 Å². The van der Waals surface area contributed by atoms with E-state index in [2.05, 4.69) is 15.3 Å². The maximum absolute atomic E-state index is 15.0. The first-order chi connectivity index (χ1) is 18.9. The van der Waals surface area contributed by atoms with E-state index in [0.29, 0.717) is 37.6 Å². The predicted octanol–water partition coefficient (Wildman–Crippen LogP) is 5.59. The molecule has 1 aromatic heterocycles. The van der Waals surface area contributed by atoms with E-state index in [1.807, 2.05) is 25.7 Å². The van der Waals surface area contributed by atoms with E-state index in [9.17, 15) is 18.0 Å². The van der Waals surface area contributed by atoms with Crippen molar-refractivity contribution in [2.45, 2.75) is 39.9 Å². The Morgan fingerprint density at radius 1 is 1.02 bits per heavy atom. The van der Waals surface area contributed by atoms with Crippen LogP contribution in [0.4, 0.5) is 35.3 Å². The quantitative estimate of drug-likeness (QED) is 0.401. The second kappa shape index (κ2) is 11.9. The van der Waals surface area contributed by atoms with Crippen LogP contribution in [0.15, 0.2) is 36.7 Å². The van der Waals surface area contributed by atoms with Gasteiger partial charge in [0.2, 0.25) is 5.95 Å². The molecule has 0 radical (unpaired) electrons. The molecule has 1 aliphatic rings. The van der Waals surface area contributed by atoms with Crippen LogP contribution in [0, 0.1) is 24.4 Å². The minimum absolute atomic E-state index is 0.0744. The van der Waals surface area contributed by atoms with Crippen molar-refractivity contribution in [3.05, 3.63) is 65.2 Å². The lowest BCUT2D eigenvalue weighted by Gasteiger charge is -2.36. The first-order valence-electron chi connectivity index (χ1n) is 12.7. The molecule has 2 heterocycles. The highest BCUT2D eigenvalue weighted by atomic mass is 19.1. The lowest BCUT2D eigenvalue weighted by Crippen LogP contribution is -2.50. The second-order valence-electron chi connectivity index (χ2n) is 10.3. The number of amides is 1. The summed E-state index contributed by atoms with van der Waals surface area (Å²) in [5, 5.41) is 2.92. The number of aryl methyl sites for hydroxylation is 1. The van der Waals surface area contributed by atoms with Crippen LogP contribution in [0.3, 0.4) is 0 Å². The summed E-state index contributed by atoms with van der Waals surface area (Å²) < 4.78 is 59.7. The molecule has 12 heteroatoms. The Bertz CT molecular complexity index is 1360. The number of rotatable bonds is 7. The Balaban J connectivity index is 1.33. The third-order valence-corrected chi connectivity index (χ3v) is 6.15. The van der Waals surface area contributed by atoms with Gasteiger partial charge in [0, 0.05) is 31.9 Å². The molecular weight excluding hydrogens is 527 g/mol. The van der Waals surface area contributed by atoms with Gasteiger partial charge in [-0.25, -0.2) is 27.9 Å². The van der Waals surface area contributed by atoms with Gasteiger partial charge < -0.3 is 29.3 Å². The highest BCUT2D eigenvalue weighted by molar-refractivity contribution is 5.69. The molecule has 1 amide bonds. The molecule has 1 saturated heterocycles. The van der Waals surface area contributed by atoms with Crippen LogP contribution in [-0.4, -0.2) is 59.9 Å². The lowest BCUT2D eigenvalue weighted by molar-refractivity contribution is 0.0240. The van der Waals surface area contributed by atoms with Crippen molar-refractivity contribution < 1.29 is 32.2 Å². The molecule has 4 rings (SSSR count). The van der Waals surface area contributed by atoms with Gasteiger partial charge in [0.25, 0.3) is 0 Å². The number of hydrogen-bond donors (Lipinski definition) is 1. The number of aromatic nitrogens is 2. The number of methoxy groups -OCH3 is 1. The highest BCUT2D eigenvalue weighted by Crippen LogP contribution is 2.28. The summed E-state index contributed by atoms with van der Waals surface area (Å²) in [4.78, 5) is 24.0. The number of nitrogens with zero attached hydrogens (tertiary/aromatic N) is 4. The van der Waals surface area contributed by atoms with E-state index in [0.717, 1.165) is 0 Å². The van der Waals surface area contributed by atoms with Gasteiger partial charge in [-0.05, 0) is 57.5 Å². The lowest BCUT2D eigenvalue weighted by atomic mass is 10.1. The zero-order valence-electron chi connectivity index (χ0n) is 23.1. The summed E-state index contributed by atoms with van der Waals surface area (Å²) in [5.74, 6) is -1.69. The normalized spacial score (nSPS) is 13.7. The summed E-state index contributed by atoms with van der Waals surface area (Å²) in [6, 6.07) is 5.96. The molecule has 1 N–H and O–H groups in total. The van der Waals surface area contributed by atoms with Crippen molar-refractivity contribution in [3.63, 3.8) is 0 Å². The molecule has 0 spiro atoms. The van der Waals surface area contributed by atoms with E-state index in [4.69, 9.17) is 14.2 Å². The van der Waals surface area contributed by atoms with Crippen molar-refractivity contribution in [1.29, 1.82) is 0 Å². The maximum Gasteiger partial charge on any atom is 0.410 e. The predicted molar refractivity (Wildman–Crippen MR) is 144 cm³/mol. The Labute approximate surface area is 230 Å². The van der Waals surface area contributed by atoms with Gasteiger partial charge in [0.05, 0.1) is 30.8 Å². The Hall–Kier alpha value is -4.22. The van der Waals surface area contributed by atoms with Crippen molar-refractivity contribution in [3.8, 4) is 11.5 Å². The maximum atomic E-state index is 15.0. The SMILES string of the molecule is COc1cc(C)c(F)c(COc2cnc(Nc3ccc(N4CCN(C(=O)OC(C)(C)C)CC4)c(F)c3)nc2)c1F. The summed E-state index contributed by atoms with van der Waals surface area (Å²) in [6.45, 7) is 8.35. The molecule has 0 unspecified atom stereocenters. The summed E-state index contributed by atoms with van der Waals surface area (Å²) in [6.07, 6.45) is 2.30. The van der Waals surface area contributed by atoms with Gasteiger partial charge in [0.15, 0.2) is 17.3 Å². The number of halogens is 3.